The molecule has 0 saturated heterocycles. The SMILES string of the molecule is COc1ccc(OC)c([C@@H](C(=O)NC2CCC(C)CC2)N(CCc2ccccc2Cl)C(=O)CCl)c1. The second-order valence-corrected chi connectivity index (χ2v) is 9.71. The van der Waals surface area contributed by atoms with Crippen LogP contribution in [0.15, 0.2) is 42.5 Å². The molecule has 0 bridgehead atoms. The third-order valence-electron chi connectivity index (χ3n) is 6.67. The van der Waals surface area contributed by atoms with Gasteiger partial charge in [-0.05, 0) is 67.9 Å². The van der Waals surface area contributed by atoms with Crippen LogP contribution in [0, 0.1) is 5.92 Å². The molecule has 0 aromatic heterocycles. The number of ether oxygens (including phenoxy) is 2. The van der Waals surface area contributed by atoms with Crippen LogP contribution in [0.2, 0.25) is 5.02 Å². The summed E-state index contributed by atoms with van der Waals surface area (Å²) >= 11 is 12.4. The minimum absolute atomic E-state index is 0.0642. The first kappa shape index (κ1) is 27.2. The van der Waals surface area contributed by atoms with Crippen LogP contribution in [-0.4, -0.2) is 49.4 Å². The smallest absolute Gasteiger partial charge is 0.247 e. The van der Waals surface area contributed by atoms with Gasteiger partial charge in [0.25, 0.3) is 0 Å². The highest BCUT2D eigenvalue weighted by Gasteiger charge is 2.35. The molecule has 35 heavy (non-hydrogen) atoms. The van der Waals surface area contributed by atoms with E-state index in [0.717, 1.165) is 31.2 Å². The Hall–Kier alpha value is -2.44. The number of carbonyl (C=O) groups is 2. The van der Waals surface area contributed by atoms with Crippen LogP contribution in [0.5, 0.6) is 11.5 Å². The molecule has 3 rings (SSSR count). The number of rotatable bonds is 10. The third kappa shape index (κ3) is 7.05. The van der Waals surface area contributed by atoms with Gasteiger partial charge in [-0.3, -0.25) is 9.59 Å². The quantitative estimate of drug-likeness (QED) is 0.425. The number of amides is 2. The maximum absolute atomic E-state index is 13.8. The number of nitrogens with one attached hydrogen (secondary N) is 1. The predicted molar refractivity (Wildman–Crippen MR) is 139 cm³/mol. The molecule has 190 valence electrons. The summed E-state index contributed by atoms with van der Waals surface area (Å²) in [6.07, 6.45) is 4.43. The van der Waals surface area contributed by atoms with Crippen LogP contribution >= 0.6 is 23.2 Å². The van der Waals surface area contributed by atoms with Gasteiger partial charge in [-0.15, -0.1) is 11.6 Å². The minimum atomic E-state index is -0.937. The molecule has 1 saturated carbocycles. The van der Waals surface area contributed by atoms with E-state index in [1.165, 1.54) is 4.90 Å². The number of hydrogen-bond acceptors (Lipinski definition) is 4. The first-order valence-electron chi connectivity index (χ1n) is 12.0. The molecule has 2 aromatic carbocycles. The van der Waals surface area contributed by atoms with Crippen molar-refractivity contribution in [3.05, 3.63) is 58.6 Å². The van der Waals surface area contributed by atoms with E-state index in [1.54, 1.807) is 32.4 Å². The van der Waals surface area contributed by atoms with Crippen molar-refractivity contribution in [3.8, 4) is 11.5 Å². The van der Waals surface area contributed by atoms with Crippen LogP contribution in [0.4, 0.5) is 0 Å². The second kappa shape index (κ2) is 13.0. The Labute approximate surface area is 217 Å². The molecule has 0 spiro atoms. The summed E-state index contributed by atoms with van der Waals surface area (Å²) in [5.74, 6) is 0.861. The first-order chi connectivity index (χ1) is 16.9. The van der Waals surface area contributed by atoms with Crippen molar-refractivity contribution in [3.63, 3.8) is 0 Å². The van der Waals surface area contributed by atoms with E-state index in [0.29, 0.717) is 34.4 Å². The van der Waals surface area contributed by atoms with E-state index in [2.05, 4.69) is 12.2 Å². The Morgan fingerprint density at radius 3 is 2.43 bits per heavy atom. The number of alkyl halides is 1. The monoisotopic (exact) mass is 520 g/mol. The zero-order valence-electron chi connectivity index (χ0n) is 20.6. The van der Waals surface area contributed by atoms with Crippen LogP contribution in [0.1, 0.15) is 49.8 Å². The summed E-state index contributed by atoms with van der Waals surface area (Å²) in [5, 5.41) is 3.81. The summed E-state index contributed by atoms with van der Waals surface area (Å²) < 4.78 is 11.0. The van der Waals surface area contributed by atoms with Crippen LogP contribution in [-0.2, 0) is 16.0 Å². The third-order valence-corrected chi connectivity index (χ3v) is 7.27. The van der Waals surface area contributed by atoms with Gasteiger partial charge in [-0.2, -0.15) is 0 Å². The highest BCUT2D eigenvalue weighted by Crippen LogP contribution is 2.34. The lowest BCUT2D eigenvalue weighted by atomic mass is 9.87. The van der Waals surface area contributed by atoms with Crippen LogP contribution in [0.25, 0.3) is 0 Å². The summed E-state index contributed by atoms with van der Waals surface area (Å²) in [6, 6.07) is 11.9. The van der Waals surface area contributed by atoms with Gasteiger partial charge < -0.3 is 19.7 Å². The van der Waals surface area contributed by atoms with Crippen molar-refractivity contribution in [1.82, 2.24) is 10.2 Å². The van der Waals surface area contributed by atoms with Gasteiger partial charge >= 0.3 is 0 Å². The van der Waals surface area contributed by atoms with Crippen molar-refractivity contribution >= 4 is 35.0 Å². The van der Waals surface area contributed by atoms with Crippen molar-refractivity contribution in [2.45, 2.75) is 51.1 Å². The van der Waals surface area contributed by atoms with Gasteiger partial charge in [0.15, 0.2) is 0 Å². The minimum Gasteiger partial charge on any atom is -0.497 e. The fraction of sp³-hybridized carbons (Fsp3) is 0.481. The molecule has 2 amide bonds. The van der Waals surface area contributed by atoms with E-state index in [1.807, 2.05) is 24.3 Å². The van der Waals surface area contributed by atoms with Crippen molar-refractivity contribution in [2.75, 3.05) is 26.6 Å². The fourth-order valence-corrected chi connectivity index (χ4v) is 4.99. The number of benzene rings is 2. The molecule has 8 heteroatoms. The Morgan fingerprint density at radius 2 is 1.80 bits per heavy atom. The normalized spacial score (nSPS) is 18.4. The lowest BCUT2D eigenvalue weighted by Gasteiger charge is -2.34. The maximum Gasteiger partial charge on any atom is 0.247 e. The number of nitrogens with zero attached hydrogens (tertiary/aromatic N) is 1. The summed E-state index contributed by atoms with van der Waals surface area (Å²) in [7, 11) is 3.10. The van der Waals surface area contributed by atoms with Gasteiger partial charge in [0.05, 0.1) is 14.2 Å². The average Bonchev–Trinajstić information content (AvgIpc) is 2.87. The maximum atomic E-state index is 13.8. The van der Waals surface area contributed by atoms with Gasteiger partial charge in [-0.1, -0.05) is 36.7 Å². The molecular formula is C27H34Cl2N2O4. The van der Waals surface area contributed by atoms with Gasteiger partial charge in [0.1, 0.15) is 23.4 Å². The molecule has 1 aliphatic rings. The molecular weight excluding hydrogens is 487 g/mol. The Kier molecular flexibility index (Phi) is 10.1. The van der Waals surface area contributed by atoms with Crippen molar-refractivity contribution in [2.24, 2.45) is 5.92 Å². The lowest BCUT2D eigenvalue weighted by molar-refractivity contribution is -0.139. The van der Waals surface area contributed by atoms with Crippen LogP contribution < -0.4 is 14.8 Å². The van der Waals surface area contributed by atoms with E-state index in [-0.39, 0.29) is 30.3 Å². The average molecular weight is 521 g/mol. The number of carbonyl (C=O) groups excluding carboxylic acids is 2. The number of methoxy groups -OCH3 is 2. The Balaban J connectivity index is 1.99. The van der Waals surface area contributed by atoms with Crippen molar-refractivity contribution < 1.29 is 19.1 Å². The highest BCUT2D eigenvalue weighted by atomic mass is 35.5. The predicted octanol–water partition coefficient (Wildman–Crippen LogP) is 5.40. The Bertz CT molecular complexity index is 1010. The molecule has 0 unspecified atom stereocenters. The molecule has 1 aliphatic carbocycles. The van der Waals surface area contributed by atoms with Crippen molar-refractivity contribution in [1.29, 1.82) is 0 Å². The molecule has 1 atom stereocenters. The van der Waals surface area contributed by atoms with Gasteiger partial charge in [0, 0.05) is 23.2 Å². The number of halogens is 2. The molecule has 0 radical (unpaired) electrons. The second-order valence-electron chi connectivity index (χ2n) is 9.04. The van der Waals surface area contributed by atoms with E-state index in [4.69, 9.17) is 32.7 Å². The molecule has 0 aliphatic heterocycles. The topological polar surface area (TPSA) is 67.9 Å². The summed E-state index contributed by atoms with van der Waals surface area (Å²) in [5.41, 5.74) is 1.44. The molecule has 6 nitrogen and oxygen atoms in total. The van der Waals surface area contributed by atoms with Crippen LogP contribution in [0.3, 0.4) is 0 Å². The number of hydrogen-bond donors (Lipinski definition) is 1. The Morgan fingerprint density at radius 1 is 1.09 bits per heavy atom. The van der Waals surface area contributed by atoms with Gasteiger partial charge in [0.2, 0.25) is 11.8 Å². The van der Waals surface area contributed by atoms with Gasteiger partial charge in [-0.25, -0.2) is 0 Å². The molecule has 0 heterocycles. The first-order valence-corrected chi connectivity index (χ1v) is 12.9. The zero-order chi connectivity index (χ0) is 25.4. The molecule has 1 fully saturated rings. The summed E-state index contributed by atoms with van der Waals surface area (Å²) in [4.78, 5) is 28.5. The molecule has 1 N–H and O–H groups in total. The highest BCUT2D eigenvalue weighted by molar-refractivity contribution is 6.31. The summed E-state index contributed by atoms with van der Waals surface area (Å²) in [6.45, 7) is 2.49. The van der Waals surface area contributed by atoms with E-state index in [9.17, 15) is 9.59 Å². The van der Waals surface area contributed by atoms with E-state index >= 15 is 0 Å². The standard InChI is InChI=1S/C27H34Cl2N2O4/c1-18-8-10-20(11-9-18)30-27(33)26(22-16-21(34-2)12-13-24(22)35-3)31(25(32)17-28)15-14-19-6-4-5-7-23(19)29/h4-7,12-13,16,18,20,26H,8-11,14-15,17H2,1-3H3,(H,30,33)/t18?,20?,26-/m0/s1. The molecule has 2 aromatic rings. The zero-order valence-corrected chi connectivity index (χ0v) is 22.1. The van der Waals surface area contributed by atoms with E-state index < -0.39 is 6.04 Å². The largest absolute Gasteiger partial charge is 0.497 e. The lowest BCUT2D eigenvalue weighted by Crippen LogP contribution is -2.48. The fourth-order valence-electron chi connectivity index (χ4n) is 4.60.